The fraction of sp³-hybridized carbons (Fsp3) is 0.250. The molecule has 0 aliphatic rings. The molecule has 12 heteroatoms. The van der Waals surface area contributed by atoms with E-state index in [4.69, 9.17) is 46.4 Å². The van der Waals surface area contributed by atoms with Crippen LogP contribution in [0.3, 0.4) is 0 Å². The van der Waals surface area contributed by atoms with Crippen LogP contribution in [0.4, 0.5) is 26.3 Å². The first kappa shape index (κ1) is 24.2. The van der Waals surface area contributed by atoms with Crippen LogP contribution in [0, 0.1) is 0 Å². The highest BCUT2D eigenvalue weighted by Gasteiger charge is 2.61. The molecule has 28 heavy (non-hydrogen) atoms. The number of thioether (sulfide) groups is 2. The number of halogens is 10. The van der Waals surface area contributed by atoms with Crippen molar-refractivity contribution >= 4 is 69.9 Å². The van der Waals surface area contributed by atoms with Gasteiger partial charge in [0, 0.05) is 19.8 Å². The number of hydrogen-bond acceptors (Lipinski definition) is 2. The summed E-state index contributed by atoms with van der Waals surface area (Å²) in [6, 6.07) is 6.86. The van der Waals surface area contributed by atoms with Crippen molar-refractivity contribution in [3.05, 3.63) is 56.5 Å². The number of rotatable bonds is 7. The maximum absolute atomic E-state index is 14.1. The van der Waals surface area contributed by atoms with E-state index in [1.54, 1.807) is 0 Å². The van der Waals surface area contributed by atoms with E-state index in [1.807, 2.05) is 0 Å². The van der Waals surface area contributed by atoms with Gasteiger partial charge in [-0.25, -0.2) is 0 Å². The lowest BCUT2D eigenvalue weighted by atomic mass is 10.2. The van der Waals surface area contributed by atoms with Crippen LogP contribution < -0.4 is 0 Å². The van der Waals surface area contributed by atoms with E-state index in [-0.39, 0.29) is 36.7 Å². The molecule has 0 N–H and O–H groups in total. The van der Waals surface area contributed by atoms with E-state index in [1.165, 1.54) is 18.2 Å². The van der Waals surface area contributed by atoms with Gasteiger partial charge in [0.05, 0.1) is 16.5 Å². The third kappa shape index (κ3) is 6.19. The van der Waals surface area contributed by atoms with Gasteiger partial charge in [0.15, 0.2) is 0 Å². The van der Waals surface area contributed by atoms with Gasteiger partial charge in [-0.1, -0.05) is 58.2 Å². The zero-order valence-electron chi connectivity index (χ0n) is 13.3. The van der Waals surface area contributed by atoms with Gasteiger partial charge in [-0.2, -0.15) is 26.3 Å². The number of benzene rings is 2. The summed E-state index contributed by atoms with van der Waals surface area (Å²) >= 11 is 21.7. The molecule has 0 nitrogen and oxygen atoms in total. The van der Waals surface area contributed by atoms with Crippen LogP contribution in [0.15, 0.2) is 46.2 Å². The van der Waals surface area contributed by atoms with E-state index in [9.17, 15) is 26.3 Å². The fourth-order valence-electron chi connectivity index (χ4n) is 1.88. The highest BCUT2D eigenvalue weighted by atomic mass is 35.5. The molecule has 0 aliphatic carbocycles. The van der Waals surface area contributed by atoms with Crippen molar-refractivity contribution in [1.82, 2.24) is 0 Å². The second-order valence-electron chi connectivity index (χ2n) is 5.39. The molecule has 0 bridgehead atoms. The van der Waals surface area contributed by atoms with Crippen LogP contribution in [0.5, 0.6) is 0 Å². The Hall–Kier alpha value is -0.120. The fourth-order valence-corrected chi connectivity index (χ4v) is 4.60. The Kier molecular flexibility index (Phi) is 7.71. The lowest BCUT2D eigenvalue weighted by Crippen LogP contribution is -2.41. The quantitative estimate of drug-likeness (QED) is 0.264. The first-order valence-corrected chi connectivity index (χ1v) is 10.3. The van der Waals surface area contributed by atoms with Crippen LogP contribution in [0.1, 0.15) is 6.42 Å². The normalized spacial score (nSPS) is 13.1. The summed E-state index contributed by atoms with van der Waals surface area (Å²) in [4.78, 5) is -0.781. The van der Waals surface area contributed by atoms with Crippen LogP contribution in [0.2, 0.25) is 20.1 Å². The Morgan fingerprint density at radius 1 is 0.679 bits per heavy atom. The van der Waals surface area contributed by atoms with Crippen molar-refractivity contribution in [1.29, 1.82) is 0 Å². The second kappa shape index (κ2) is 8.94. The van der Waals surface area contributed by atoms with Gasteiger partial charge in [-0.15, -0.1) is 0 Å². The largest absolute Gasteiger partial charge is 0.360 e. The first-order chi connectivity index (χ1) is 12.7. The van der Waals surface area contributed by atoms with Crippen LogP contribution in [-0.2, 0) is 0 Å². The minimum absolute atomic E-state index is 0.0255. The van der Waals surface area contributed by atoms with Crippen LogP contribution >= 0.6 is 69.9 Å². The summed E-state index contributed by atoms with van der Waals surface area (Å²) in [7, 11) is 0. The molecule has 2 rings (SSSR count). The maximum atomic E-state index is 14.1. The van der Waals surface area contributed by atoms with Gasteiger partial charge in [0.2, 0.25) is 0 Å². The van der Waals surface area contributed by atoms with Crippen molar-refractivity contribution in [2.45, 2.75) is 32.6 Å². The van der Waals surface area contributed by atoms with Crippen LogP contribution in [-0.4, -0.2) is 16.4 Å². The van der Waals surface area contributed by atoms with Gasteiger partial charge in [-0.3, -0.25) is 0 Å². The molecule has 0 aromatic heterocycles. The third-order valence-corrected chi connectivity index (χ3v) is 6.60. The highest BCUT2D eigenvalue weighted by Crippen LogP contribution is 2.55. The summed E-state index contributed by atoms with van der Waals surface area (Å²) in [5.41, 5.74) is 0. The second-order valence-corrected chi connectivity index (χ2v) is 9.47. The molecule has 0 fully saturated rings. The van der Waals surface area contributed by atoms with Crippen molar-refractivity contribution < 1.29 is 26.3 Å². The molecule has 0 spiro atoms. The minimum Gasteiger partial charge on any atom is -0.199 e. The predicted molar refractivity (Wildman–Crippen MR) is 104 cm³/mol. The van der Waals surface area contributed by atoms with Crippen molar-refractivity contribution in [2.24, 2.45) is 0 Å². The standard InChI is InChI=1S/C16H8Cl4F6S2/c17-8-1-3-10(19)12(5-8)27-15(23,24)7-14(21,22)16(25,26)28-13-6-9(18)2-4-11(13)20/h1-6H,7H2. The van der Waals surface area contributed by atoms with E-state index in [0.29, 0.717) is 0 Å². The van der Waals surface area contributed by atoms with Crippen LogP contribution in [0.25, 0.3) is 0 Å². The molecule has 0 atom stereocenters. The Balaban J connectivity index is 2.21. The molecule has 0 radical (unpaired) electrons. The molecule has 0 saturated carbocycles. The molecule has 0 heterocycles. The Labute approximate surface area is 184 Å². The Morgan fingerprint density at radius 3 is 1.57 bits per heavy atom. The molecular formula is C16H8Cl4F6S2. The molecular weight excluding hydrogens is 512 g/mol. The molecule has 0 saturated heterocycles. The molecule has 0 unspecified atom stereocenters. The minimum atomic E-state index is -5.08. The molecule has 2 aromatic carbocycles. The van der Waals surface area contributed by atoms with E-state index in [0.717, 1.165) is 18.2 Å². The predicted octanol–water partition coefficient (Wildman–Crippen LogP) is 9.40. The maximum Gasteiger partial charge on any atom is 0.360 e. The monoisotopic (exact) mass is 518 g/mol. The average molecular weight is 520 g/mol. The Bertz CT molecular complexity index is 863. The summed E-state index contributed by atoms with van der Waals surface area (Å²) in [5, 5.41) is -9.59. The lowest BCUT2D eigenvalue weighted by molar-refractivity contribution is -0.178. The smallest absolute Gasteiger partial charge is 0.199 e. The zero-order valence-corrected chi connectivity index (χ0v) is 17.9. The van der Waals surface area contributed by atoms with Crippen molar-refractivity contribution in [2.75, 3.05) is 0 Å². The van der Waals surface area contributed by atoms with Gasteiger partial charge in [-0.05, 0) is 48.2 Å². The highest BCUT2D eigenvalue weighted by molar-refractivity contribution is 8.00. The van der Waals surface area contributed by atoms with E-state index >= 15 is 0 Å². The van der Waals surface area contributed by atoms with E-state index < -0.39 is 39.5 Å². The summed E-state index contributed by atoms with van der Waals surface area (Å²) in [5.74, 6) is -5.08. The first-order valence-electron chi connectivity index (χ1n) is 7.14. The summed E-state index contributed by atoms with van der Waals surface area (Å²) < 4.78 is 84.7. The zero-order chi connectivity index (χ0) is 21.3. The van der Waals surface area contributed by atoms with Gasteiger partial charge in [0.1, 0.15) is 0 Å². The topological polar surface area (TPSA) is 0 Å². The van der Waals surface area contributed by atoms with E-state index in [2.05, 4.69) is 0 Å². The molecule has 0 aliphatic heterocycles. The third-order valence-electron chi connectivity index (χ3n) is 3.14. The average Bonchev–Trinajstić information content (AvgIpc) is 2.52. The Morgan fingerprint density at radius 2 is 1.11 bits per heavy atom. The summed E-state index contributed by atoms with van der Waals surface area (Å²) in [6.45, 7) is 0. The van der Waals surface area contributed by atoms with Crippen molar-refractivity contribution in [3.8, 4) is 0 Å². The number of hydrogen-bond donors (Lipinski definition) is 0. The van der Waals surface area contributed by atoms with Crippen molar-refractivity contribution in [3.63, 3.8) is 0 Å². The number of alkyl halides is 6. The van der Waals surface area contributed by atoms with Gasteiger partial charge in [0.25, 0.3) is 0 Å². The summed E-state index contributed by atoms with van der Waals surface area (Å²) in [6.07, 6.45) is -2.44. The molecule has 0 amide bonds. The molecule has 2 aromatic rings. The van der Waals surface area contributed by atoms with Gasteiger partial charge >= 0.3 is 16.4 Å². The molecule has 154 valence electrons. The lowest BCUT2D eigenvalue weighted by Gasteiger charge is -2.29. The SMILES string of the molecule is FC(F)(CC(F)(F)C(F)(F)Sc1cc(Cl)ccc1Cl)Sc1cc(Cl)ccc1Cl. The van der Waals surface area contributed by atoms with Gasteiger partial charge < -0.3 is 0 Å².